The summed E-state index contributed by atoms with van der Waals surface area (Å²) in [6.07, 6.45) is 2.44. The summed E-state index contributed by atoms with van der Waals surface area (Å²) in [7, 11) is 0. The van der Waals surface area contributed by atoms with Crippen molar-refractivity contribution in [1.82, 2.24) is 14.7 Å². The van der Waals surface area contributed by atoms with Crippen molar-refractivity contribution in [2.45, 2.75) is 38.4 Å². The molecule has 0 aliphatic carbocycles. The minimum Gasteiger partial charge on any atom is -0.337 e. The van der Waals surface area contributed by atoms with E-state index in [0.29, 0.717) is 36.4 Å². The van der Waals surface area contributed by atoms with Crippen molar-refractivity contribution in [2.75, 3.05) is 37.0 Å². The van der Waals surface area contributed by atoms with E-state index in [4.69, 9.17) is 0 Å². The maximum absolute atomic E-state index is 13.7. The molecule has 2 aliphatic heterocycles. The van der Waals surface area contributed by atoms with Crippen LogP contribution in [0.1, 0.15) is 35.7 Å². The molecule has 4 amide bonds. The average molecular weight is 527 g/mol. The number of Topliss-reactive ketones (excluding diaryl/α,β-unsaturated/α-hetero) is 1. The van der Waals surface area contributed by atoms with Gasteiger partial charge in [0.2, 0.25) is 11.8 Å². The first-order chi connectivity index (χ1) is 17.8. The smallest absolute Gasteiger partial charge is 0.323 e. The van der Waals surface area contributed by atoms with E-state index in [9.17, 15) is 23.6 Å². The van der Waals surface area contributed by atoms with Crippen LogP contribution in [0.2, 0.25) is 0 Å². The van der Waals surface area contributed by atoms with Crippen LogP contribution in [0.25, 0.3) is 0 Å². The van der Waals surface area contributed by atoms with Crippen LogP contribution < -0.4 is 5.32 Å². The standard InChI is InChI=1S/C27H31FN4O4S/c1-18(33)20-6-8-22(9-7-20)29-27(36)31-14-11-25(34)32-23(12-15-37-2)26(35)30(17-24(31)32)13-10-19-4-3-5-21(28)16-19/h3-9,16,23-24H,10-15,17H2,1-2H3,(H,29,36)/t23-,24+/m0/s1. The molecule has 8 nitrogen and oxygen atoms in total. The number of anilines is 1. The van der Waals surface area contributed by atoms with Crippen molar-refractivity contribution in [3.05, 3.63) is 65.5 Å². The molecule has 0 radical (unpaired) electrons. The van der Waals surface area contributed by atoms with Gasteiger partial charge in [-0.05, 0) is 73.7 Å². The third-order valence-corrected chi connectivity index (χ3v) is 7.45. The molecular weight excluding hydrogens is 495 g/mol. The second-order valence-corrected chi connectivity index (χ2v) is 10.2. The Morgan fingerprint density at radius 3 is 2.57 bits per heavy atom. The van der Waals surface area contributed by atoms with Crippen LogP contribution >= 0.6 is 11.8 Å². The van der Waals surface area contributed by atoms with Crippen LogP contribution in [0.3, 0.4) is 0 Å². The second-order valence-electron chi connectivity index (χ2n) is 9.25. The third-order valence-electron chi connectivity index (χ3n) is 6.81. The molecule has 2 fully saturated rings. The van der Waals surface area contributed by atoms with E-state index >= 15 is 0 Å². The fourth-order valence-corrected chi connectivity index (χ4v) is 5.32. The maximum atomic E-state index is 13.7. The largest absolute Gasteiger partial charge is 0.337 e. The highest BCUT2D eigenvalue weighted by Crippen LogP contribution is 2.28. The number of rotatable bonds is 8. The van der Waals surface area contributed by atoms with Gasteiger partial charge in [0, 0.05) is 30.8 Å². The number of halogens is 1. The summed E-state index contributed by atoms with van der Waals surface area (Å²) in [4.78, 5) is 56.3. The number of nitrogens with one attached hydrogen (secondary N) is 1. The van der Waals surface area contributed by atoms with Gasteiger partial charge in [0.15, 0.2) is 5.78 Å². The summed E-state index contributed by atoms with van der Waals surface area (Å²) in [5, 5.41) is 2.86. The predicted molar refractivity (Wildman–Crippen MR) is 141 cm³/mol. The van der Waals surface area contributed by atoms with Gasteiger partial charge in [-0.3, -0.25) is 14.4 Å². The monoisotopic (exact) mass is 526 g/mol. The second kappa shape index (κ2) is 11.8. The molecule has 0 spiro atoms. The number of carbonyl (C=O) groups is 4. The molecule has 0 bridgehead atoms. The van der Waals surface area contributed by atoms with Crippen LogP contribution in [0.5, 0.6) is 0 Å². The molecule has 2 saturated heterocycles. The summed E-state index contributed by atoms with van der Waals surface area (Å²) < 4.78 is 13.7. The van der Waals surface area contributed by atoms with E-state index in [1.807, 2.05) is 12.3 Å². The van der Waals surface area contributed by atoms with Crippen LogP contribution in [-0.4, -0.2) is 82.2 Å². The first-order valence-corrected chi connectivity index (χ1v) is 13.7. The van der Waals surface area contributed by atoms with E-state index in [1.54, 1.807) is 56.8 Å². The van der Waals surface area contributed by atoms with Crippen LogP contribution in [0.15, 0.2) is 48.5 Å². The Labute approximate surface area is 220 Å². The lowest BCUT2D eigenvalue weighted by molar-refractivity contribution is -0.166. The normalized spacial score (nSPS) is 19.6. The van der Waals surface area contributed by atoms with E-state index in [2.05, 4.69) is 5.32 Å². The highest BCUT2D eigenvalue weighted by Gasteiger charge is 2.48. The van der Waals surface area contributed by atoms with E-state index < -0.39 is 12.2 Å². The summed E-state index contributed by atoms with van der Waals surface area (Å²) in [5.74, 6) is 0.0219. The average Bonchev–Trinajstić information content (AvgIpc) is 2.87. The number of ketones is 1. The van der Waals surface area contributed by atoms with Gasteiger partial charge in [-0.1, -0.05) is 12.1 Å². The van der Waals surface area contributed by atoms with Gasteiger partial charge in [-0.15, -0.1) is 0 Å². The highest BCUT2D eigenvalue weighted by molar-refractivity contribution is 7.98. The molecule has 196 valence electrons. The summed E-state index contributed by atoms with van der Waals surface area (Å²) in [5.41, 5.74) is 1.86. The minimum absolute atomic E-state index is 0.0652. The maximum Gasteiger partial charge on any atom is 0.323 e. The van der Waals surface area contributed by atoms with Gasteiger partial charge in [-0.25, -0.2) is 9.18 Å². The zero-order valence-electron chi connectivity index (χ0n) is 21.0. The number of hydrogen-bond acceptors (Lipinski definition) is 5. The molecule has 0 unspecified atom stereocenters. The fraction of sp³-hybridized carbons (Fsp3) is 0.407. The number of fused-ring (bicyclic) bond motifs is 1. The Balaban J connectivity index is 1.54. The van der Waals surface area contributed by atoms with Gasteiger partial charge in [-0.2, -0.15) is 11.8 Å². The number of benzene rings is 2. The quantitative estimate of drug-likeness (QED) is 0.531. The number of amides is 4. The van der Waals surface area contributed by atoms with E-state index in [1.165, 1.54) is 19.1 Å². The Hall–Kier alpha value is -3.40. The molecule has 2 heterocycles. The molecule has 0 saturated carbocycles. The number of nitrogens with zero attached hydrogens (tertiary/aromatic N) is 3. The molecule has 37 heavy (non-hydrogen) atoms. The van der Waals surface area contributed by atoms with Crippen LogP contribution in [-0.2, 0) is 16.0 Å². The number of urea groups is 1. The van der Waals surface area contributed by atoms with Crippen LogP contribution in [0.4, 0.5) is 14.9 Å². The van der Waals surface area contributed by atoms with Crippen molar-refractivity contribution in [2.24, 2.45) is 0 Å². The third kappa shape index (κ3) is 6.12. The number of piperazine rings is 1. The zero-order chi connectivity index (χ0) is 26.5. The van der Waals surface area contributed by atoms with Crippen molar-refractivity contribution in [3.8, 4) is 0 Å². The Bertz CT molecular complexity index is 1180. The first kappa shape index (κ1) is 26.7. The molecule has 4 rings (SSSR count). The topological polar surface area (TPSA) is 90.0 Å². The van der Waals surface area contributed by atoms with Crippen LogP contribution in [0, 0.1) is 5.82 Å². The van der Waals surface area contributed by atoms with Gasteiger partial charge < -0.3 is 20.0 Å². The first-order valence-electron chi connectivity index (χ1n) is 12.3. The molecular formula is C27H31FN4O4S. The summed E-state index contributed by atoms with van der Waals surface area (Å²) in [6, 6.07) is 11.9. The van der Waals surface area contributed by atoms with Gasteiger partial charge in [0.1, 0.15) is 18.0 Å². The van der Waals surface area contributed by atoms with E-state index in [-0.39, 0.29) is 49.0 Å². The molecule has 2 atom stereocenters. The Morgan fingerprint density at radius 1 is 1.14 bits per heavy atom. The minimum atomic E-state index is -0.656. The van der Waals surface area contributed by atoms with Crippen molar-refractivity contribution in [1.29, 1.82) is 0 Å². The SMILES string of the molecule is CSCC[C@H]1C(=O)N(CCc2cccc(F)c2)C[C@@H]2N(C(=O)Nc3ccc(C(C)=O)cc3)CCC(=O)N21. The lowest BCUT2D eigenvalue weighted by atomic mass is 10.0. The Kier molecular flexibility index (Phi) is 8.48. The lowest BCUT2D eigenvalue weighted by Gasteiger charge is -2.52. The molecule has 2 aromatic carbocycles. The van der Waals surface area contributed by atoms with Crippen molar-refractivity contribution >= 4 is 41.1 Å². The van der Waals surface area contributed by atoms with Gasteiger partial charge >= 0.3 is 6.03 Å². The van der Waals surface area contributed by atoms with E-state index in [0.717, 1.165) is 5.56 Å². The number of hydrogen-bond donors (Lipinski definition) is 1. The molecule has 2 aromatic rings. The summed E-state index contributed by atoms with van der Waals surface area (Å²) in [6.45, 7) is 2.26. The molecule has 2 aliphatic rings. The fourth-order valence-electron chi connectivity index (χ4n) is 4.87. The zero-order valence-corrected chi connectivity index (χ0v) is 21.8. The number of carbonyl (C=O) groups excluding carboxylic acids is 4. The van der Waals surface area contributed by atoms with Gasteiger partial charge in [0.05, 0.1) is 6.54 Å². The lowest BCUT2D eigenvalue weighted by Crippen LogP contribution is -2.71. The summed E-state index contributed by atoms with van der Waals surface area (Å²) >= 11 is 1.60. The van der Waals surface area contributed by atoms with Crippen molar-refractivity contribution in [3.63, 3.8) is 0 Å². The molecule has 0 aromatic heterocycles. The Morgan fingerprint density at radius 2 is 1.89 bits per heavy atom. The van der Waals surface area contributed by atoms with Gasteiger partial charge in [0.25, 0.3) is 0 Å². The highest BCUT2D eigenvalue weighted by atomic mass is 32.2. The predicted octanol–water partition coefficient (Wildman–Crippen LogP) is 3.63. The molecule has 10 heteroatoms. The van der Waals surface area contributed by atoms with Crippen molar-refractivity contribution < 1.29 is 23.6 Å². The number of thioether (sulfide) groups is 1. The molecule has 1 N–H and O–H groups in total.